The maximum Gasteiger partial charge on any atom is 0.408 e. The summed E-state index contributed by atoms with van der Waals surface area (Å²) in [4.78, 5) is 43.1. The van der Waals surface area contributed by atoms with Crippen molar-refractivity contribution in [2.24, 2.45) is 5.92 Å². The number of nitrogens with zero attached hydrogens (tertiary/aromatic N) is 1. The van der Waals surface area contributed by atoms with Crippen LogP contribution in [0.2, 0.25) is 0 Å². The van der Waals surface area contributed by atoms with Gasteiger partial charge in [-0.15, -0.1) is 0 Å². The van der Waals surface area contributed by atoms with Crippen LogP contribution in [0.15, 0.2) is 52.0 Å². The second kappa shape index (κ2) is 11.4. The Morgan fingerprint density at radius 2 is 1.92 bits per heavy atom. The van der Waals surface area contributed by atoms with Crippen molar-refractivity contribution in [1.82, 2.24) is 10.3 Å². The smallest absolute Gasteiger partial charge is 0.408 e. The fourth-order valence-electron chi connectivity index (χ4n) is 3.74. The lowest BCUT2D eigenvalue weighted by molar-refractivity contribution is -0.138. The molecule has 0 spiro atoms. The van der Waals surface area contributed by atoms with Crippen molar-refractivity contribution < 1.29 is 23.5 Å². The average Bonchev–Trinajstić information content (AvgIpc) is 2.82. The molecule has 192 valence electrons. The van der Waals surface area contributed by atoms with Crippen molar-refractivity contribution in [3.8, 4) is 17.0 Å². The molecule has 2 aromatic heterocycles. The number of fused-ring (bicyclic) bond motifs is 1. The minimum absolute atomic E-state index is 0.195. The highest BCUT2D eigenvalue weighted by atomic mass is 16.6. The van der Waals surface area contributed by atoms with Gasteiger partial charge in [-0.2, -0.15) is 0 Å². The molecular formula is C28H34N2O6. The van der Waals surface area contributed by atoms with Crippen molar-refractivity contribution in [2.45, 2.75) is 72.4 Å². The largest absolute Gasteiger partial charge is 0.463 e. The van der Waals surface area contributed by atoms with Crippen LogP contribution in [0.25, 0.3) is 22.2 Å². The second-order valence-electron chi connectivity index (χ2n) is 9.83. The third kappa shape index (κ3) is 6.50. The number of carbonyl (C=O) groups is 2. The number of hydrogen-bond donors (Lipinski definition) is 1. The molecule has 0 bridgehead atoms. The highest BCUT2D eigenvalue weighted by molar-refractivity contribution is 5.87. The maximum atomic E-state index is 13.2. The van der Waals surface area contributed by atoms with Gasteiger partial charge in [-0.25, -0.2) is 9.59 Å². The molecule has 0 unspecified atom stereocenters. The van der Waals surface area contributed by atoms with Crippen molar-refractivity contribution in [3.63, 3.8) is 0 Å². The summed E-state index contributed by atoms with van der Waals surface area (Å²) in [5.41, 5.74) is 0.950. The molecule has 1 amide bonds. The van der Waals surface area contributed by atoms with Crippen LogP contribution in [0.4, 0.5) is 4.79 Å². The summed E-state index contributed by atoms with van der Waals surface area (Å²) in [6.07, 6.45) is 4.28. The molecule has 0 saturated carbocycles. The Bertz CT molecular complexity index is 1280. The Hall–Kier alpha value is -3.68. The Kier molecular flexibility index (Phi) is 8.50. The number of ether oxygens (including phenoxy) is 2. The van der Waals surface area contributed by atoms with Crippen molar-refractivity contribution in [3.05, 3.63) is 58.6 Å². The first-order valence-electron chi connectivity index (χ1n) is 12.2. The molecule has 1 N–H and O–H groups in total. The van der Waals surface area contributed by atoms with E-state index in [1.165, 1.54) is 6.26 Å². The third-order valence-electron chi connectivity index (χ3n) is 5.77. The first-order chi connectivity index (χ1) is 17.0. The molecule has 1 aromatic carbocycles. The van der Waals surface area contributed by atoms with E-state index in [0.29, 0.717) is 46.4 Å². The lowest BCUT2D eigenvalue weighted by atomic mass is 9.99. The molecule has 0 fully saturated rings. The summed E-state index contributed by atoms with van der Waals surface area (Å²) < 4.78 is 16.9. The van der Waals surface area contributed by atoms with Gasteiger partial charge in [-0.1, -0.05) is 39.7 Å². The molecule has 0 aliphatic carbocycles. The highest BCUT2D eigenvalue weighted by Gasteiger charge is 2.30. The van der Waals surface area contributed by atoms with Crippen LogP contribution in [0.3, 0.4) is 0 Å². The van der Waals surface area contributed by atoms with E-state index in [1.54, 1.807) is 57.3 Å². The van der Waals surface area contributed by atoms with Crippen molar-refractivity contribution in [2.75, 3.05) is 0 Å². The van der Waals surface area contributed by atoms with Gasteiger partial charge in [0.25, 0.3) is 0 Å². The number of esters is 1. The quantitative estimate of drug-likeness (QED) is 0.318. The zero-order valence-corrected chi connectivity index (χ0v) is 21.7. The number of aryl methyl sites for hydroxylation is 1. The highest BCUT2D eigenvalue weighted by Crippen LogP contribution is 2.28. The molecule has 0 aliphatic heterocycles. The fourth-order valence-corrected chi connectivity index (χ4v) is 3.74. The van der Waals surface area contributed by atoms with E-state index in [2.05, 4.69) is 10.3 Å². The molecule has 8 heteroatoms. The van der Waals surface area contributed by atoms with Gasteiger partial charge in [0.05, 0.1) is 16.6 Å². The Morgan fingerprint density at radius 3 is 2.53 bits per heavy atom. The summed E-state index contributed by atoms with van der Waals surface area (Å²) in [6.45, 7) is 11.0. The van der Waals surface area contributed by atoms with Gasteiger partial charge in [0.15, 0.2) is 0 Å². The lowest BCUT2D eigenvalue weighted by Gasteiger charge is -2.26. The molecule has 2 atom stereocenters. The van der Waals surface area contributed by atoms with E-state index >= 15 is 0 Å². The minimum atomic E-state index is -0.909. The van der Waals surface area contributed by atoms with E-state index < -0.39 is 23.7 Å². The van der Waals surface area contributed by atoms with E-state index in [9.17, 15) is 14.4 Å². The molecule has 0 radical (unpaired) electrons. The number of pyridine rings is 1. The number of hydrogen-bond acceptors (Lipinski definition) is 7. The van der Waals surface area contributed by atoms with Crippen LogP contribution < -0.4 is 15.5 Å². The number of alkyl carbamates (subject to hydrolysis) is 1. The zero-order valence-electron chi connectivity index (χ0n) is 21.7. The van der Waals surface area contributed by atoms with Gasteiger partial charge in [-0.3, -0.25) is 9.78 Å². The van der Waals surface area contributed by atoms with Crippen LogP contribution in [0, 0.1) is 5.92 Å². The number of nitrogens with one attached hydrogen (secondary N) is 1. The molecule has 3 aromatic rings. The minimum Gasteiger partial charge on any atom is -0.463 e. The molecule has 0 saturated heterocycles. The number of amides is 1. The van der Waals surface area contributed by atoms with E-state index in [-0.39, 0.29) is 11.3 Å². The van der Waals surface area contributed by atoms with Crippen LogP contribution >= 0.6 is 0 Å². The lowest BCUT2D eigenvalue weighted by Crippen LogP contribution is -2.48. The fraction of sp³-hybridized carbons (Fsp3) is 0.429. The molecule has 8 nitrogen and oxygen atoms in total. The zero-order chi connectivity index (χ0) is 26.5. The predicted octanol–water partition coefficient (Wildman–Crippen LogP) is 5.65. The van der Waals surface area contributed by atoms with Crippen LogP contribution in [0.5, 0.6) is 5.75 Å². The van der Waals surface area contributed by atoms with E-state index in [1.807, 2.05) is 20.8 Å². The summed E-state index contributed by atoms with van der Waals surface area (Å²) in [5, 5.41) is 3.03. The van der Waals surface area contributed by atoms with E-state index in [0.717, 1.165) is 6.42 Å². The number of rotatable bonds is 8. The monoisotopic (exact) mass is 494 g/mol. The van der Waals surface area contributed by atoms with Crippen LogP contribution in [-0.2, 0) is 16.0 Å². The van der Waals surface area contributed by atoms with E-state index in [4.69, 9.17) is 13.9 Å². The van der Waals surface area contributed by atoms with Gasteiger partial charge >= 0.3 is 12.1 Å². The Labute approximate surface area is 211 Å². The summed E-state index contributed by atoms with van der Waals surface area (Å²) in [5.74, 6) is -0.513. The van der Waals surface area contributed by atoms with Crippen molar-refractivity contribution >= 4 is 23.0 Å². The van der Waals surface area contributed by atoms with Crippen LogP contribution in [0.1, 0.15) is 59.9 Å². The standard InChI is InChI=1S/C28H34N2O6/c1-7-11-18-14-19-23(34-16-20(25(19)31)21-12-9-10-13-29-21)15-22(18)35-26(32)24(17(3)8-2)30-27(33)36-28(4,5)6/h9-10,12-17,24H,7-8,11H2,1-6H3,(H,30,33)/t17-,24+/m0/s1. The van der Waals surface area contributed by atoms with Gasteiger partial charge in [-0.05, 0) is 56.9 Å². The second-order valence-corrected chi connectivity index (χ2v) is 9.83. The Balaban J connectivity index is 1.96. The first-order valence-corrected chi connectivity index (χ1v) is 12.2. The Morgan fingerprint density at radius 1 is 1.17 bits per heavy atom. The van der Waals surface area contributed by atoms with Gasteiger partial charge in [0, 0.05) is 12.3 Å². The maximum absolute atomic E-state index is 13.2. The van der Waals surface area contributed by atoms with Crippen molar-refractivity contribution in [1.29, 1.82) is 0 Å². The average molecular weight is 495 g/mol. The normalized spacial score (nSPS) is 13.2. The first kappa shape index (κ1) is 26.9. The summed E-state index contributed by atoms with van der Waals surface area (Å²) in [6, 6.07) is 7.68. The third-order valence-corrected chi connectivity index (χ3v) is 5.77. The summed E-state index contributed by atoms with van der Waals surface area (Å²) >= 11 is 0. The van der Waals surface area contributed by atoms with Gasteiger partial charge in [0.1, 0.15) is 29.2 Å². The number of carbonyl (C=O) groups excluding carboxylic acids is 2. The number of aromatic nitrogens is 1. The number of benzene rings is 1. The van der Waals surface area contributed by atoms with Crippen LogP contribution in [-0.4, -0.2) is 28.7 Å². The molecule has 2 heterocycles. The summed E-state index contributed by atoms with van der Waals surface area (Å²) in [7, 11) is 0. The SMILES string of the molecule is CCCc1cc2c(=O)c(-c3ccccn3)coc2cc1OC(=O)[C@H](NC(=O)OC(C)(C)C)[C@@H](C)CC. The van der Waals surface area contributed by atoms with Gasteiger partial charge in [0.2, 0.25) is 5.43 Å². The topological polar surface area (TPSA) is 108 Å². The molecular weight excluding hydrogens is 460 g/mol. The molecule has 0 aliphatic rings. The molecule has 36 heavy (non-hydrogen) atoms. The molecule has 3 rings (SSSR count). The van der Waals surface area contributed by atoms with Gasteiger partial charge < -0.3 is 19.2 Å². The predicted molar refractivity (Wildman–Crippen MR) is 138 cm³/mol.